The lowest BCUT2D eigenvalue weighted by Gasteiger charge is -2.26. The fourth-order valence-electron chi connectivity index (χ4n) is 2.07. The Kier molecular flexibility index (Phi) is 5.30. The molecule has 2 N–H and O–H groups in total. The summed E-state index contributed by atoms with van der Waals surface area (Å²) in [5.74, 6) is -0.480. The van der Waals surface area contributed by atoms with Crippen LogP contribution >= 0.6 is 11.6 Å². The lowest BCUT2D eigenvalue weighted by molar-refractivity contribution is -0.384. The number of halogens is 2. The zero-order valence-corrected chi connectivity index (χ0v) is 12.4. The van der Waals surface area contributed by atoms with Crippen molar-refractivity contribution in [3.05, 3.63) is 33.1 Å². The van der Waals surface area contributed by atoms with Gasteiger partial charge in [-0.2, -0.15) is 0 Å². The monoisotopic (exact) mass is 304 g/mol. The molecule has 1 atom stereocenters. The molecule has 0 heterocycles. The summed E-state index contributed by atoms with van der Waals surface area (Å²) < 4.78 is 13.4. The number of anilines is 1. The van der Waals surface area contributed by atoms with Crippen molar-refractivity contribution in [2.45, 2.75) is 32.8 Å². The summed E-state index contributed by atoms with van der Waals surface area (Å²) in [4.78, 5) is 10.3. The van der Waals surface area contributed by atoms with Gasteiger partial charge in [0.25, 0.3) is 5.69 Å². The molecule has 1 unspecified atom stereocenters. The number of rotatable bonds is 6. The molecule has 5 nitrogen and oxygen atoms in total. The number of hydrogen-bond donors (Lipinski definition) is 2. The van der Waals surface area contributed by atoms with E-state index in [2.05, 4.69) is 5.32 Å². The molecule has 20 heavy (non-hydrogen) atoms. The molecule has 7 heteroatoms. The molecule has 1 rings (SSSR count). The summed E-state index contributed by atoms with van der Waals surface area (Å²) in [6, 6.07) is 1.92. The van der Waals surface area contributed by atoms with Gasteiger partial charge in [0, 0.05) is 18.7 Å². The first-order valence-electron chi connectivity index (χ1n) is 6.22. The minimum Gasteiger partial charge on any atom is -0.388 e. The summed E-state index contributed by atoms with van der Waals surface area (Å²) in [7, 11) is 0. The molecule has 0 fully saturated rings. The minimum absolute atomic E-state index is 0.000862. The van der Waals surface area contributed by atoms with E-state index in [1.807, 2.05) is 13.8 Å². The maximum atomic E-state index is 13.4. The van der Waals surface area contributed by atoms with Gasteiger partial charge >= 0.3 is 0 Å². The highest BCUT2D eigenvalue weighted by Crippen LogP contribution is 2.31. The van der Waals surface area contributed by atoms with Gasteiger partial charge in [-0.15, -0.1) is 0 Å². The highest BCUT2D eigenvalue weighted by atomic mass is 35.5. The first kappa shape index (κ1) is 16.7. The zero-order valence-electron chi connectivity index (χ0n) is 11.6. The molecule has 0 aliphatic heterocycles. The smallest absolute Gasteiger partial charge is 0.294 e. The predicted octanol–water partition coefficient (Wildman–Crippen LogP) is 3.60. The molecule has 0 bridgehead atoms. The van der Waals surface area contributed by atoms with E-state index >= 15 is 0 Å². The number of aliphatic hydroxyl groups is 1. The summed E-state index contributed by atoms with van der Waals surface area (Å²) in [5, 5.41) is 23.5. The topological polar surface area (TPSA) is 75.4 Å². The molecule has 0 amide bonds. The first-order valence-corrected chi connectivity index (χ1v) is 6.60. The molecule has 112 valence electrons. The lowest BCUT2D eigenvalue weighted by atomic mass is 9.94. The molecule has 1 aromatic carbocycles. The Morgan fingerprint density at radius 2 is 2.15 bits per heavy atom. The van der Waals surface area contributed by atoms with E-state index < -0.39 is 16.3 Å². The maximum Gasteiger partial charge on any atom is 0.294 e. The summed E-state index contributed by atoms with van der Waals surface area (Å²) in [5.41, 5.74) is -1.37. The van der Waals surface area contributed by atoms with Crippen molar-refractivity contribution >= 4 is 23.0 Å². The van der Waals surface area contributed by atoms with Crippen LogP contribution in [0.1, 0.15) is 27.2 Å². The lowest BCUT2D eigenvalue weighted by Crippen LogP contribution is -2.35. The van der Waals surface area contributed by atoms with Gasteiger partial charge in [0.15, 0.2) is 0 Å². The van der Waals surface area contributed by atoms with Gasteiger partial charge in [0.05, 0.1) is 15.5 Å². The van der Waals surface area contributed by atoms with Crippen LogP contribution in [0, 0.1) is 21.8 Å². The van der Waals surface area contributed by atoms with E-state index in [1.165, 1.54) is 0 Å². The number of nitro benzene ring substituents is 1. The molecule has 0 spiro atoms. The second-order valence-electron chi connectivity index (χ2n) is 5.49. The number of hydrogen-bond acceptors (Lipinski definition) is 4. The fourth-order valence-corrected chi connectivity index (χ4v) is 2.22. The van der Waals surface area contributed by atoms with E-state index in [0.717, 1.165) is 12.1 Å². The third-order valence-corrected chi connectivity index (χ3v) is 3.03. The average Bonchev–Trinajstić information content (AvgIpc) is 2.28. The largest absolute Gasteiger partial charge is 0.388 e. The highest BCUT2D eigenvalue weighted by Gasteiger charge is 2.24. The van der Waals surface area contributed by atoms with E-state index in [-0.39, 0.29) is 28.9 Å². The van der Waals surface area contributed by atoms with Crippen LogP contribution in [-0.2, 0) is 0 Å². The number of nitrogens with one attached hydrogen (secondary N) is 1. The van der Waals surface area contributed by atoms with Crippen molar-refractivity contribution in [1.29, 1.82) is 0 Å². The van der Waals surface area contributed by atoms with Crippen LogP contribution in [0.4, 0.5) is 15.8 Å². The maximum absolute atomic E-state index is 13.4. The Hall–Kier alpha value is -1.40. The quantitative estimate of drug-likeness (QED) is 0.622. The van der Waals surface area contributed by atoms with Crippen molar-refractivity contribution in [2.75, 3.05) is 11.9 Å². The van der Waals surface area contributed by atoms with Crippen molar-refractivity contribution in [2.24, 2.45) is 5.92 Å². The molecule has 0 radical (unpaired) electrons. The van der Waals surface area contributed by atoms with Gasteiger partial charge in [0.1, 0.15) is 11.5 Å². The standard InChI is InChI=1S/C13H18ClFN2O3/c1-8(2)6-13(3,18)7-16-11-5-10(15)9(14)4-12(11)17(19)20/h4-5,8,16,18H,6-7H2,1-3H3. The number of nitro groups is 1. The van der Waals surface area contributed by atoms with Crippen LogP contribution in [0.3, 0.4) is 0 Å². The zero-order chi connectivity index (χ0) is 15.5. The molecule has 1 aromatic rings. The summed E-state index contributed by atoms with van der Waals surface area (Å²) in [6.07, 6.45) is 0.518. The molecule has 0 aliphatic carbocycles. The van der Waals surface area contributed by atoms with Crippen LogP contribution in [0.5, 0.6) is 0 Å². The van der Waals surface area contributed by atoms with E-state index in [0.29, 0.717) is 6.42 Å². The molecule has 0 saturated carbocycles. The van der Waals surface area contributed by atoms with Crippen LogP contribution in [0.25, 0.3) is 0 Å². The van der Waals surface area contributed by atoms with Gasteiger partial charge in [0.2, 0.25) is 0 Å². The van der Waals surface area contributed by atoms with Gasteiger partial charge in [-0.05, 0) is 19.3 Å². The van der Waals surface area contributed by atoms with Crippen molar-refractivity contribution in [1.82, 2.24) is 0 Å². The van der Waals surface area contributed by atoms with Crippen LogP contribution < -0.4 is 5.32 Å². The fraction of sp³-hybridized carbons (Fsp3) is 0.538. The van der Waals surface area contributed by atoms with Crippen molar-refractivity contribution in [3.8, 4) is 0 Å². The van der Waals surface area contributed by atoms with Crippen molar-refractivity contribution < 1.29 is 14.4 Å². The van der Waals surface area contributed by atoms with Gasteiger partial charge in [-0.25, -0.2) is 4.39 Å². The normalized spacial score (nSPS) is 14.2. The highest BCUT2D eigenvalue weighted by molar-refractivity contribution is 6.31. The Balaban J connectivity index is 2.92. The summed E-state index contributed by atoms with van der Waals surface area (Å²) >= 11 is 5.53. The number of nitrogens with zero attached hydrogens (tertiary/aromatic N) is 1. The molecule has 0 saturated heterocycles. The van der Waals surface area contributed by atoms with Crippen molar-refractivity contribution in [3.63, 3.8) is 0 Å². The predicted molar refractivity (Wildman–Crippen MR) is 76.6 cm³/mol. The Morgan fingerprint density at radius 1 is 1.55 bits per heavy atom. The first-order chi connectivity index (χ1) is 9.12. The van der Waals surface area contributed by atoms with Crippen LogP contribution in [0.2, 0.25) is 5.02 Å². The van der Waals surface area contributed by atoms with Gasteiger partial charge in [-0.1, -0.05) is 25.4 Å². The second kappa shape index (κ2) is 6.37. The molecule has 0 aromatic heterocycles. The Labute approximate surface area is 121 Å². The van der Waals surface area contributed by atoms with Gasteiger partial charge < -0.3 is 10.4 Å². The SMILES string of the molecule is CC(C)CC(C)(O)CNc1cc(F)c(Cl)cc1[N+](=O)[O-]. The van der Waals surface area contributed by atoms with E-state index in [4.69, 9.17) is 11.6 Å². The van der Waals surface area contributed by atoms with E-state index in [1.54, 1.807) is 6.92 Å². The second-order valence-corrected chi connectivity index (χ2v) is 5.90. The van der Waals surface area contributed by atoms with E-state index in [9.17, 15) is 19.6 Å². The third-order valence-electron chi connectivity index (χ3n) is 2.74. The summed E-state index contributed by atoms with van der Waals surface area (Å²) in [6.45, 7) is 5.61. The molecular formula is C13H18ClFN2O3. The Bertz CT molecular complexity index is 507. The van der Waals surface area contributed by atoms with Crippen LogP contribution in [-0.4, -0.2) is 22.2 Å². The average molecular weight is 305 g/mol. The number of benzene rings is 1. The Morgan fingerprint density at radius 3 is 2.65 bits per heavy atom. The molecule has 0 aliphatic rings. The van der Waals surface area contributed by atoms with Gasteiger partial charge in [-0.3, -0.25) is 10.1 Å². The minimum atomic E-state index is -1.04. The third kappa shape index (κ3) is 4.61. The van der Waals surface area contributed by atoms with Crippen LogP contribution in [0.15, 0.2) is 12.1 Å². The molecular weight excluding hydrogens is 287 g/mol.